The summed E-state index contributed by atoms with van der Waals surface area (Å²) in [5.74, 6) is 0.631. The van der Waals surface area contributed by atoms with E-state index in [1.165, 1.54) is 22.3 Å². The van der Waals surface area contributed by atoms with Crippen LogP contribution in [0.25, 0.3) is 145 Å². The van der Waals surface area contributed by atoms with Crippen LogP contribution in [0.2, 0.25) is 0 Å². The highest BCUT2D eigenvalue weighted by atomic mass is 16.3. The average molecular weight is 981 g/mol. The van der Waals surface area contributed by atoms with Gasteiger partial charge in [0.25, 0.3) is 0 Å². The van der Waals surface area contributed by atoms with E-state index in [4.69, 9.17) is 14.4 Å². The molecule has 0 aliphatic rings. The number of aromatic nitrogens is 2. The van der Waals surface area contributed by atoms with E-state index >= 15 is 0 Å². The lowest BCUT2D eigenvalue weighted by Gasteiger charge is -2.20. The van der Waals surface area contributed by atoms with E-state index in [-0.39, 0.29) is 0 Å². The first-order valence-electron chi connectivity index (χ1n) is 26.2. The number of fused-ring (bicyclic) bond motifs is 5. The average Bonchev–Trinajstić information content (AvgIpc) is 4.04. The first kappa shape index (κ1) is 45.4. The maximum atomic E-state index is 6.87. The Balaban J connectivity index is 0.949. The van der Waals surface area contributed by atoms with E-state index in [2.05, 4.69) is 279 Å². The standard InChI is InChI=1S/C74H48N2O/c1-7-21-49(22-8-1)58-41-59(43-62(42-58)66-45-60(50-23-9-2-10-24-50)44-65(53-27-13-4-14-28-53)71(66)57-32-17-6-18-33-57)52-35-37-56(38-36-52)69-48-68(55-30-15-5-16-31-55)75-74(76-69)67-46-61(51-25-11-3-12-26-51)47-70-72(67)64-40-39-54-29-19-20-34-63(54)73(64)77-70/h1-48H. The van der Waals surface area contributed by atoms with Crippen LogP contribution in [0.4, 0.5) is 0 Å². The maximum Gasteiger partial charge on any atom is 0.161 e. The van der Waals surface area contributed by atoms with E-state index in [1.54, 1.807) is 0 Å². The largest absolute Gasteiger partial charge is 0.455 e. The van der Waals surface area contributed by atoms with Crippen molar-refractivity contribution in [3.05, 3.63) is 291 Å². The van der Waals surface area contributed by atoms with Gasteiger partial charge in [0.15, 0.2) is 5.82 Å². The van der Waals surface area contributed by atoms with Crippen molar-refractivity contribution >= 4 is 32.7 Å². The maximum absolute atomic E-state index is 6.87. The summed E-state index contributed by atoms with van der Waals surface area (Å²) in [6.07, 6.45) is 0. The summed E-state index contributed by atoms with van der Waals surface area (Å²) >= 11 is 0. The normalized spacial score (nSPS) is 11.4. The molecule has 0 fully saturated rings. The minimum Gasteiger partial charge on any atom is -0.455 e. The van der Waals surface area contributed by atoms with Gasteiger partial charge in [-0.3, -0.25) is 0 Å². The molecule has 0 atom stereocenters. The third-order valence-corrected chi connectivity index (χ3v) is 14.9. The SMILES string of the molecule is c1ccc(-c2cc(-c3ccc(-c4cc(-c5ccccc5)nc(-c5cc(-c6ccccc6)cc6oc7c8ccccc8ccc7c56)n4)cc3)cc(-c3cc(-c4ccccc4)cc(-c4ccccc4)c3-c3ccccc3)c2)cc1. The van der Waals surface area contributed by atoms with Crippen molar-refractivity contribution in [2.24, 2.45) is 0 Å². The monoisotopic (exact) mass is 980 g/mol. The van der Waals surface area contributed by atoms with Crippen molar-refractivity contribution < 1.29 is 4.42 Å². The summed E-state index contributed by atoms with van der Waals surface area (Å²) in [6.45, 7) is 0. The number of nitrogens with zero attached hydrogens (tertiary/aromatic N) is 2. The molecule has 0 radical (unpaired) electrons. The van der Waals surface area contributed by atoms with Crippen molar-refractivity contribution in [2.45, 2.75) is 0 Å². The summed E-state index contributed by atoms with van der Waals surface area (Å²) in [6, 6.07) is 104. The third kappa shape index (κ3) is 8.66. The zero-order valence-corrected chi connectivity index (χ0v) is 42.0. The quantitative estimate of drug-likeness (QED) is 0.137. The molecule has 12 aromatic carbocycles. The van der Waals surface area contributed by atoms with Gasteiger partial charge in [-0.25, -0.2) is 9.97 Å². The zero-order chi connectivity index (χ0) is 51.1. The first-order valence-corrected chi connectivity index (χ1v) is 26.2. The molecule has 0 amide bonds. The summed E-state index contributed by atoms with van der Waals surface area (Å²) in [5, 5.41) is 4.23. The molecule has 0 saturated carbocycles. The molecular formula is C74H48N2O. The fourth-order valence-corrected chi connectivity index (χ4v) is 11.1. The Morgan fingerprint density at radius 1 is 0.247 bits per heavy atom. The van der Waals surface area contributed by atoms with Crippen LogP contribution >= 0.6 is 0 Å². The molecule has 77 heavy (non-hydrogen) atoms. The molecule has 0 aliphatic heterocycles. The van der Waals surface area contributed by atoms with E-state index < -0.39 is 0 Å². The summed E-state index contributed by atoms with van der Waals surface area (Å²) < 4.78 is 6.87. The van der Waals surface area contributed by atoms with Crippen molar-refractivity contribution in [3.8, 4) is 112 Å². The van der Waals surface area contributed by atoms with Crippen LogP contribution in [0.15, 0.2) is 296 Å². The fourth-order valence-electron chi connectivity index (χ4n) is 11.1. The Kier molecular flexibility index (Phi) is 11.5. The Labute approximate surface area is 447 Å². The number of rotatable bonds is 10. The van der Waals surface area contributed by atoms with Gasteiger partial charge in [0.1, 0.15) is 11.2 Å². The molecule has 0 unspecified atom stereocenters. The molecule has 3 nitrogen and oxygen atoms in total. The van der Waals surface area contributed by atoms with Crippen LogP contribution in [0.5, 0.6) is 0 Å². The second kappa shape index (κ2) is 19.6. The summed E-state index contributed by atoms with van der Waals surface area (Å²) in [5.41, 5.74) is 22.2. The second-order valence-corrected chi connectivity index (χ2v) is 19.6. The molecule has 14 rings (SSSR count). The number of benzene rings is 12. The number of hydrogen-bond acceptors (Lipinski definition) is 3. The van der Waals surface area contributed by atoms with Gasteiger partial charge < -0.3 is 4.42 Å². The molecule has 360 valence electrons. The van der Waals surface area contributed by atoms with Gasteiger partial charge in [0.2, 0.25) is 0 Å². The Morgan fingerprint density at radius 3 is 1.22 bits per heavy atom. The third-order valence-electron chi connectivity index (χ3n) is 14.9. The molecule has 2 aromatic heterocycles. The van der Waals surface area contributed by atoms with Crippen molar-refractivity contribution in [3.63, 3.8) is 0 Å². The summed E-state index contributed by atoms with van der Waals surface area (Å²) in [4.78, 5) is 10.9. The minimum absolute atomic E-state index is 0.631. The molecule has 3 heteroatoms. The van der Waals surface area contributed by atoms with Crippen LogP contribution in [0, 0.1) is 0 Å². The predicted molar refractivity (Wildman–Crippen MR) is 321 cm³/mol. The molecular weight excluding hydrogens is 933 g/mol. The van der Waals surface area contributed by atoms with Gasteiger partial charge in [-0.1, -0.05) is 237 Å². The van der Waals surface area contributed by atoms with Gasteiger partial charge in [-0.05, 0) is 138 Å². The second-order valence-electron chi connectivity index (χ2n) is 19.6. The Bertz CT molecular complexity index is 4440. The van der Waals surface area contributed by atoms with Gasteiger partial charge in [-0.2, -0.15) is 0 Å². The van der Waals surface area contributed by atoms with E-state index in [0.717, 1.165) is 116 Å². The van der Waals surface area contributed by atoms with Crippen molar-refractivity contribution in [1.29, 1.82) is 0 Å². The van der Waals surface area contributed by atoms with Crippen LogP contribution in [0.1, 0.15) is 0 Å². The lowest BCUT2D eigenvalue weighted by atomic mass is 9.83. The van der Waals surface area contributed by atoms with Gasteiger partial charge in [-0.15, -0.1) is 0 Å². The van der Waals surface area contributed by atoms with E-state index in [9.17, 15) is 0 Å². The lowest BCUT2D eigenvalue weighted by Crippen LogP contribution is -1.97. The fraction of sp³-hybridized carbons (Fsp3) is 0. The van der Waals surface area contributed by atoms with Crippen LogP contribution in [-0.2, 0) is 0 Å². The molecule has 0 aliphatic carbocycles. The highest BCUT2D eigenvalue weighted by molar-refractivity contribution is 6.19. The van der Waals surface area contributed by atoms with Crippen molar-refractivity contribution in [2.75, 3.05) is 0 Å². The topological polar surface area (TPSA) is 38.9 Å². The molecule has 14 aromatic rings. The highest BCUT2D eigenvalue weighted by Crippen LogP contribution is 2.46. The number of furan rings is 1. The molecule has 0 spiro atoms. The number of hydrogen-bond donors (Lipinski definition) is 0. The first-order chi connectivity index (χ1) is 38.1. The zero-order valence-electron chi connectivity index (χ0n) is 42.0. The molecule has 2 heterocycles. The molecule has 0 saturated heterocycles. The van der Waals surface area contributed by atoms with E-state index in [1.807, 2.05) is 12.1 Å². The van der Waals surface area contributed by atoms with Crippen molar-refractivity contribution in [1.82, 2.24) is 9.97 Å². The van der Waals surface area contributed by atoms with Gasteiger partial charge in [0.05, 0.1) is 11.4 Å². The van der Waals surface area contributed by atoms with Crippen LogP contribution in [0.3, 0.4) is 0 Å². The van der Waals surface area contributed by atoms with Gasteiger partial charge in [0, 0.05) is 32.8 Å². The molecule has 0 bridgehead atoms. The van der Waals surface area contributed by atoms with Gasteiger partial charge >= 0.3 is 0 Å². The smallest absolute Gasteiger partial charge is 0.161 e. The predicted octanol–water partition coefficient (Wildman–Crippen LogP) is 20.2. The van der Waals surface area contributed by atoms with Crippen LogP contribution in [-0.4, -0.2) is 9.97 Å². The van der Waals surface area contributed by atoms with Crippen LogP contribution < -0.4 is 0 Å². The Hall–Kier alpha value is -10.2. The minimum atomic E-state index is 0.631. The highest BCUT2D eigenvalue weighted by Gasteiger charge is 2.22. The summed E-state index contributed by atoms with van der Waals surface area (Å²) in [7, 11) is 0. The Morgan fingerprint density at radius 2 is 0.649 bits per heavy atom. The molecule has 0 N–H and O–H groups in total. The van der Waals surface area contributed by atoms with E-state index in [0.29, 0.717) is 5.82 Å². The lowest BCUT2D eigenvalue weighted by molar-refractivity contribution is 0.673.